The van der Waals surface area contributed by atoms with Gasteiger partial charge in [-0.3, -0.25) is 4.79 Å². The Hall–Kier alpha value is -2.96. The van der Waals surface area contributed by atoms with E-state index in [1.165, 1.54) is 13.2 Å². The second kappa shape index (κ2) is 7.34. The van der Waals surface area contributed by atoms with Gasteiger partial charge in [-0.25, -0.2) is 14.1 Å². The molecule has 1 aromatic carbocycles. The number of pyridine rings is 1. The van der Waals surface area contributed by atoms with Gasteiger partial charge in [-0.15, -0.1) is 0 Å². The highest BCUT2D eigenvalue weighted by Crippen LogP contribution is 2.22. The van der Waals surface area contributed by atoms with Crippen molar-refractivity contribution in [3.63, 3.8) is 0 Å². The number of methoxy groups -OCH3 is 1. The molecular formula is C20H23FN4O2. The monoisotopic (exact) mass is 370 g/mol. The maximum Gasteiger partial charge on any atom is 0.255 e. The Bertz CT molecular complexity index is 997. The summed E-state index contributed by atoms with van der Waals surface area (Å²) in [5.74, 6) is -0.438. The van der Waals surface area contributed by atoms with Crippen molar-refractivity contribution in [2.45, 2.75) is 33.4 Å². The molecule has 6 nitrogen and oxygen atoms in total. The van der Waals surface area contributed by atoms with Crippen molar-refractivity contribution in [1.29, 1.82) is 0 Å². The van der Waals surface area contributed by atoms with Crippen LogP contribution in [0.4, 0.5) is 4.39 Å². The highest BCUT2D eigenvalue weighted by Gasteiger charge is 2.19. The number of nitrogens with zero attached hydrogens (tertiary/aromatic N) is 4. The molecule has 142 valence electrons. The van der Waals surface area contributed by atoms with Gasteiger partial charge in [0.15, 0.2) is 17.2 Å². The Morgan fingerprint density at radius 2 is 2.07 bits per heavy atom. The lowest BCUT2D eigenvalue weighted by Crippen LogP contribution is -2.27. The second-order valence-corrected chi connectivity index (χ2v) is 6.85. The standard InChI is InChI=1S/C20H23FN4O2/c1-12(2)25-19-15(10-22-25)9-16(13(3)23-19)20(26)24(4)11-14-6-7-18(27-5)17(21)8-14/h6-10,12H,11H2,1-5H3. The Labute approximate surface area is 157 Å². The fraction of sp³-hybridized carbons (Fsp3) is 0.350. The summed E-state index contributed by atoms with van der Waals surface area (Å²) in [7, 11) is 3.10. The van der Waals surface area contributed by atoms with E-state index in [2.05, 4.69) is 10.1 Å². The zero-order valence-electron chi connectivity index (χ0n) is 16.2. The number of aryl methyl sites for hydroxylation is 1. The van der Waals surface area contributed by atoms with Crippen LogP contribution < -0.4 is 4.74 Å². The van der Waals surface area contributed by atoms with Gasteiger partial charge in [0.25, 0.3) is 5.91 Å². The first-order valence-corrected chi connectivity index (χ1v) is 8.74. The van der Waals surface area contributed by atoms with Crippen LogP contribution in [0.3, 0.4) is 0 Å². The summed E-state index contributed by atoms with van der Waals surface area (Å²) in [4.78, 5) is 19.0. The van der Waals surface area contributed by atoms with Crippen molar-refractivity contribution in [1.82, 2.24) is 19.7 Å². The molecule has 0 atom stereocenters. The van der Waals surface area contributed by atoms with Crippen molar-refractivity contribution in [3.05, 3.63) is 53.1 Å². The fourth-order valence-corrected chi connectivity index (χ4v) is 3.02. The van der Waals surface area contributed by atoms with Crippen molar-refractivity contribution in [3.8, 4) is 5.75 Å². The molecule has 0 fully saturated rings. The van der Waals surface area contributed by atoms with Crippen LogP contribution in [0.5, 0.6) is 5.75 Å². The normalized spacial score (nSPS) is 11.2. The predicted molar refractivity (Wildman–Crippen MR) is 101 cm³/mol. The van der Waals surface area contributed by atoms with Crippen LogP contribution in [0.15, 0.2) is 30.5 Å². The smallest absolute Gasteiger partial charge is 0.255 e. The minimum Gasteiger partial charge on any atom is -0.494 e. The summed E-state index contributed by atoms with van der Waals surface area (Å²) < 4.78 is 20.6. The first-order chi connectivity index (χ1) is 12.8. The van der Waals surface area contributed by atoms with Gasteiger partial charge < -0.3 is 9.64 Å². The quantitative estimate of drug-likeness (QED) is 0.686. The molecular weight excluding hydrogens is 347 g/mol. The maximum absolute atomic E-state index is 13.9. The molecule has 2 heterocycles. The van der Waals surface area contributed by atoms with Gasteiger partial charge in [0.05, 0.1) is 24.6 Å². The van der Waals surface area contributed by atoms with Crippen molar-refractivity contribution >= 4 is 16.9 Å². The SMILES string of the molecule is COc1ccc(CN(C)C(=O)c2cc3cnn(C(C)C)c3nc2C)cc1F. The van der Waals surface area contributed by atoms with Gasteiger partial charge in [-0.05, 0) is 44.5 Å². The van der Waals surface area contributed by atoms with E-state index in [4.69, 9.17) is 4.74 Å². The number of amides is 1. The first kappa shape index (κ1) is 18.8. The van der Waals surface area contributed by atoms with E-state index in [9.17, 15) is 9.18 Å². The number of ether oxygens (including phenoxy) is 1. The number of aromatic nitrogens is 3. The molecule has 0 saturated carbocycles. The predicted octanol–water partition coefficient (Wildman–Crippen LogP) is 3.74. The highest BCUT2D eigenvalue weighted by atomic mass is 19.1. The molecule has 0 aliphatic carbocycles. The van der Waals surface area contributed by atoms with Crippen LogP contribution in [-0.2, 0) is 6.54 Å². The van der Waals surface area contributed by atoms with E-state index < -0.39 is 5.82 Å². The Kier molecular flexibility index (Phi) is 5.12. The third-order valence-corrected chi connectivity index (χ3v) is 4.46. The molecule has 2 aromatic heterocycles. The topological polar surface area (TPSA) is 60.2 Å². The average molecular weight is 370 g/mol. The number of halogens is 1. The number of hydrogen-bond acceptors (Lipinski definition) is 4. The molecule has 0 aliphatic heterocycles. The average Bonchev–Trinajstić information content (AvgIpc) is 3.03. The molecule has 7 heteroatoms. The van der Waals surface area contributed by atoms with Crippen molar-refractivity contribution in [2.75, 3.05) is 14.2 Å². The minimum atomic E-state index is -0.448. The highest BCUT2D eigenvalue weighted by molar-refractivity contribution is 5.98. The molecule has 0 unspecified atom stereocenters. The van der Waals surface area contributed by atoms with Crippen molar-refractivity contribution in [2.24, 2.45) is 0 Å². The Morgan fingerprint density at radius 1 is 1.33 bits per heavy atom. The van der Waals surface area contributed by atoms with Crippen LogP contribution in [0.25, 0.3) is 11.0 Å². The lowest BCUT2D eigenvalue weighted by Gasteiger charge is -2.19. The summed E-state index contributed by atoms with van der Waals surface area (Å²) in [6.45, 7) is 6.16. The molecule has 3 rings (SSSR count). The van der Waals surface area contributed by atoms with E-state index in [0.717, 1.165) is 11.0 Å². The molecule has 27 heavy (non-hydrogen) atoms. The van der Waals surface area contributed by atoms with Gasteiger partial charge >= 0.3 is 0 Å². The first-order valence-electron chi connectivity index (χ1n) is 8.74. The summed E-state index contributed by atoms with van der Waals surface area (Å²) >= 11 is 0. The Morgan fingerprint density at radius 3 is 2.70 bits per heavy atom. The molecule has 0 aliphatic rings. The van der Waals surface area contributed by atoms with Gasteiger partial charge in [0.2, 0.25) is 0 Å². The summed E-state index contributed by atoms with van der Waals surface area (Å²) in [6.07, 6.45) is 1.72. The van der Waals surface area contributed by atoms with E-state index in [-0.39, 0.29) is 24.2 Å². The third kappa shape index (κ3) is 3.63. The minimum absolute atomic E-state index is 0.171. The van der Waals surface area contributed by atoms with Gasteiger partial charge in [-0.1, -0.05) is 6.07 Å². The second-order valence-electron chi connectivity index (χ2n) is 6.85. The number of fused-ring (bicyclic) bond motifs is 1. The zero-order valence-corrected chi connectivity index (χ0v) is 16.2. The van der Waals surface area contributed by atoms with E-state index >= 15 is 0 Å². The number of carbonyl (C=O) groups excluding carboxylic acids is 1. The van der Waals surface area contributed by atoms with Crippen molar-refractivity contribution < 1.29 is 13.9 Å². The molecule has 0 N–H and O–H groups in total. The summed E-state index contributed by atoms with van der Waals surface area (Å²) in [6, 6.07) is 6.68. The lowest BCUT2D eigenvalue weighted by molar-refractivity contribution is 0.0784. The molecule has 0 saturated heterocycles. The van der Waals surface area contributed by atoms with Crippen LogP contribution >= 0.6 is 0 Å². The largest absolute Gasteiger partial charge is 0.494 e. The molecule has 0 bridgehead atoms. The third-order valence-electron chi connectivity index (χ3n) is 4.46. The van der Waals surface area contributed by atoms with Crippen LogP contribution in [0.2, 0.25) is 0 Å². The van der Waals surface area contributed by atoms with Crippen LogP contribution in [-0.4, -0.2) is 39.7 Å². The summed E-state index contributed by atoms with van der Waals surface area (Å²) in [5.41, 5.74) is 2.60. The lowest BCUT2D eigenvalue weighted by atomic mass is 10.1. The number of carbonyl (C=O) groups is 1. The summed E-state index contributed by atoms with van der Waals surface area (Å²) in [5, 5.41) is 5.17. The number of rotatable bonds is 5. The van der Waals surface area contributed by atoms with Gasteiger partial charge in [-0.2, -0.15) is 5.10 Å². The van der Waals surface area contributed by atoms with Crippen LogP contribution in [0, 0.1) is 12.7 Å². The Balaban J connectivity index is 1.86. The van der Waals surface area contributed by atoms with Gasteiger partial charge in [0, 0.05) is 25.0 Å². The van der Waals surface area contributed by atoms with E-state index in [1.54, 1.807) is 30.3 Å². The van der Waals surface area contributed by atoms with Crippen LogP contribution in [0.1, 0.15) is 41.5 Å². The van der Waals surface area contributed by atoms with E-state index in [1.807, 2.05) is 31.5 Å². The molecule has 0 spiro atoms. The zero-order chi connectivity index (χ0) is 19.7. The van der Waals surface area contributed by atoms with Gasteiger partial charge in [0.1, 0.15) is 0 Å². The number of hydrogen-bond donors (Lipinski definition) is 0. The molecule has 1 amide bonds. The molecule has 0 radical (unpaired) electrons. The molecule has 3 aromatic rings. The number of benzene rings is 1. The maximum atomic E-state index is 13.9. The fourth-order valence-electron chi connectivity index (χ4n) is 3.02. The van der Waals surface area contributed by atoms with E-state index in [0.29, 0.717) is 16.8 Å².